The Labute approximate surface area is 140 Å². The summed E-state index contributed by atoms with van der Waals surface area (Å²) in [5, 5.41) is 16.6. The van der Waals surface area contributed by atoms with Gasteiger partial charge in [0.1, 0.15) is 0 Å². The maximum atomic E-state index is 11.5. The second kappa shape index (κ2) is 8.53. The van der Waals surface area contributed by atoms with Gasteiger partial charge in [0.25, 0.3) is 0 Å². The maximum absolute atomic E-state index is 11.5. The van der Waals surface area contributed by atoms with E-state index < -0.39 is 6.09 Å². The molecule has 1 amide bonds. The van der Waals surface area contributed by atoms with Gasteiger partial charge < -0.3 is 24.8 Å². The molecule has 0 spiro atoms. The lowest BCUT2D eigenvalue weighted by Gasteiger charge is -2.31. The fourth-order valence-corrected chi connectivity index (χ4v) is 2.57. The highest BCUT2D eigenvalue weighted by atomic mass is 16.5. The predicted octanol–water partition coefficient (Wildman–Crippen LogP) is 0.339. The Morgan fingerprint density at radius 1 is 1.50 bits per heavy atom. The van der Waals surface area contributed by atoms with Crippen LogP contribution in [0.15, 0.2) is 6.20 Å². The number of carbonyl (C=O) groups is 2. The van der Waals surface area contributed by atoms with E-state index in [0.717, 1.165) is 0 Å². The molecule has 1 saturated heterocycles. The smallest absolute Gasteiger partial charge is 0.407 e. The van der Waals surface area contributed by atoms with E-state index in [2.05, 4.69) is 15.2 Å². The fourth-order valence-electron chi connectivity index (χ4n) is 2.57. The zero-order valence-corrected chi connectivity index (χ0v) is 14.0. The number of hydrogen-bond acceptors (Lipinski definition) is 6. The number of nitrogens with one attached hydrogen (secondary N) is 1. The molecule has 2 heterocycles. The third-order valence-corrected chi connectivity index (χ3v) is 3.92. The van der Waals surface area contributed by atoms with Crippen LogP contribution in [0.1, 0.15) is 18.9 Å². The van der Waals surface area contributed by atoms with Crippen molar-refractivity contribution in [1.82, 2.24) is 20.0 Å². The third kappa shape index (κ3) is 4.85. The van der Waals surface area contributed by atoms with E-state index in [9.17, 15) is 9.59 Å². The number of piperazine rings is 1. The fraction of sp³-hybridized carbons (Fsp3) is 0.667. The van der Waals surface area contributed by atoms with Gasteiger partial charge in [0.2, 0.25) is 5.88 Å². The molecule has 1 fully saturated rings. The first-order valence-corrected chi connectivity index (χ1v) is 8.00. The van der Waals surface area contributed by atoms with E-state index in [0.29, 0.717) is 50.7 Å². The van der Waals surface area contributed by atoms with Crippen LogP contribution in [0.5, 0.6) is 5.88 Å². The second-order valence-electron chi connectivity index (χ2n) is 5.58. The van der Waals surface area contributed by atoms with Crippen molar-refractivity contribution in [2.45, 2.75) is 32.4 Å². The maximum Gasteiger partial charge on any atom is 0.407 e. The Balaban J connectivity index is 1.88. The normalized spacial score (nSPS) is 17.6. The summed E-state index contributed by atoms with van der Waals surface area (Å²) in [5.41, 5.74) is 0.687. The van der Waals surface area contributed by atoms with Gasteiger partial charge in [-0.3, -0.25) is 9.48 Å². The van der Waals surface area contributed by atoms with Gasteiger partial charge in [0.05, 0.1) is 20.1 Å². The summed E-state index contributed by atoms with van der Waals surface area (Å²) in [5.74, 6) is 0.0784. The minimum absolute atomic E-state index is 0.0483. The molecule has 2 N–H and O–H groups in total. The molecule has 1 aromatic rings. The first kappa shape index (κ1) is 18.1. The van der Waals surface area contributed by atoms with Crippen LogP contribution >= 0.6 is 0 Å². The summed E-state index contributed by atoms with van der Waals surface area (Å²) in [4.78, 5) is 23.9. The van der Waals surface area contributed by atoms with Gasteiger partial charge in [-0.2, -0.15) is 0 Å². The molecular weight excluding hydrogens is 316 g/mol. The Hall–Kier alpha value is -2.29. The molecule has 2 rings (SSSR count). The Morgan fingerprint density at radius 3 is 2.96 bits per heavy atom. The second-order valence-corrected chi connectivity index (χ2v) is 5.58. The summed E-state index contributed by atoms with van der Waals surface area (Å²) in [7, 11) is 1.34. The van der Waals surface area contributed by atoms with Crippen molar-refractivity contribution in [3.8, 4) is 5.88 Å². The quantitative estimate of drug-likeness (QED) is 0.689. The molecule has 0 radical (unpaired) electrons. The SMILES string of the molecule is CCn1cc(CC(=O)OC)c(OCC[C@@H]2CN(C(=O)O)CCN2)n1. The zero-order chi connectivity index (χ0) is 17.5. The highest BCUT2D eigenvalue weighted by molar-refractivity contribution is 5.73. The third-order valence-electron chi connectivity index (χ3n) is 3.92. The topological polar surface area (TPSA) is 106 Å². The van der Waals surface area contributed by atoms with E-state index in [-0.39, 0.29) is 18.4 Å². The first-order valence-electron chi connectivity index (χ1n) is 8.00. The number of carbonyl (C=O) groups excluding carboxylic acids is 1. The van der Waals surface area contributed by atoms with Gasteiger partial charge in [0.15, 0.2) is 0 Å². The molecule has 1 aliphatic rings. The number of esters is 1. The van der Waals surface area contributed by atoms with Crippen LogP contribution < -0.4 is 10.1 Å². The highest BCUT2D eigenvalue weighted by Gasteiger charge is 2.23. The lowest BCUT2D eigenvalue weighted by Crippen LogP contribution is -2.52. The number of hydrogen-bond donors (Lipinski definition) is 2. The van der Waals surface area contributed by atoms with E-state index in [1.54, 1.807) is 10.9 Å². The number of rotatable bonds is 7. The monoisotopic (exact) mass is 340 g/mol. The van der Waals surface area contributed by atoms with Crippen LogP contribution in [0.2, 0.25) is 0 Å². The molecule has 9 nitrogen and oxygen atoms in total. The lowest BCUT2D eigenvalue weighted by molar-refractivity contribution is -0.139. The van der Waals surface area contributed by atoms with Crippen molar-refractivity contribution < 1.29 is 24.2 Å². The molecule has 1 aliphatic heterocycles. The largest absolute Gasteiger partial charge is 0.476 e. The van der Waals surface area contributed by atoms with Gasteiger partial charge in [-0.15, -0.1) is 5.10 Å². The minimum atomic E-state index is -0.899. The lowest BCUT2D eigenvalue weighted by atomic mass is 10.1. The van der Waals surface area contributed by atoms with Crippen molar-refractivity contribution in [2.75, 3.05) is 33.4 Å². The van der Waals surface area contributed by atoms with Crippen LogP contribution in [0, 0.1) is 0 Å². The molecule has 1 atom stereocenters. The van der Waals surface area contributed by atoms with E-state index in [1.807, 2.05) is 6.92 Å². The van der Waals surface area contributed by atoms with E-state index in [4.69, 9.17) is 9.84 Å². The average Bonchev–Trinajstić information content (AvgIpc) is 2.97. The van der Waals surface area contributed by atoms with E-state index >= 15 is 0 Å². The van der Waals surface area contributed by atoms with Crippen LogP contribution in [-0.2, 0) is 22.5 Å². The molecule has 0 aliphatic carbocycles. The molecular formula is C15H24N4O5. The molecule has 0 bridgehead atoms. The summed E-state index contributed by atoms with van der Waals surface area (Å²) in [6, 6.07) is 0.0483. The summed E-state index contributed by atoms with van der Waals surface area (Å²) in [6.45, 7) is 4.59. The molecule has 9 heteroatoms. The van der Waals surface area contributed by atoms with E-state index in [1.165, 1.54) is 12.0 Å². The standard InChI is InChI=1S/C15H24N4O5/c1-3-19-9-11(8-13(20)23-2)14(17-19)24-7-4-12-10-18(15(21)22)6-5-16-12/h9,12,16H,3-8,10H2,1-2H3,(H,21,22)/t12-/m1/s1. The van der Waals surface area contributed by atoms with Crippen molar-refractivity contribution >= 4 is 12.1 Å². The Bertz CT molecular complexity index is 574. The van der Waals surface area contributed by atoms with Crippen molar-refractivity contribution in [3.63, 3.8) is 0 Å². The average molecular weight is 340 g/mol. The number of aryl methyl sites for hydroxylation is 1. The molecule has 1 aromatic heterocycles. The zero-order valence-electron chi connectivity index (χ0n) is 14.0. The number of methoxy groups -OCH3 is 1. The number of nitrogens with zero attached hydrogens (tertiary/aromatic N) is 3. The van der Waals surface area contributed by atoms with Crippen molar-refractivity contribution in [3.05, 3.63) is 11.8 Å². The Kier molecular flexibility index (Phi) is 6.42. The minimum Gasteiger partial charge on any atom is -0.476 e. The number of ether oxygens (including phenoxy) is 2. The van der Waals surface area contributed by atoms with Crippen LogP contribution in [0.4, 0.5) is 4.79 Å². The Morgan fingerprint density at radius 2 is 2.29 bits per heavy atom. The van der Waals surface area contributed by atoms with Gasteiger partial charge >= 0.3 is 12.1 Å². The summed E-state index contributed by atoms with van der Waals surface area (Å²) in [6.07, 6.45) is 1.64. The summed E-state index contributed by atoms with van der Waals surface area (Å²) < 4.78 is 12.1. The van der Waals surface area contributed by atoms with Crippen molar-refractivity contribution in [2.24, 2.45) is 0 Å². The molecule has 24 heavy (non-hydrogen) atoms. The van der Waals surface area contributed by atoms with Gasteiger partial charge in [0, 0.05) is 44.0 Å². The van der Waals surface area contributed by atoms with Gasteiger partial charge in [-0.25, -0.2) is 4.79 Å². The predicted molar refractivity (Wildman–Crippen MR) is 85.1 cm³/mol. The summed E-state index contributed by atoms with van der Waals surface area (Å²) >= 11 is 0. The molecule has 0 aromatic carbocycles. The number of amides is 1. The van der Waals surface area contributed by atoms with Crippen LogP contribution in [0.25, 0.3) is 0 Å². The first-order chi connectivity index (χ1) is 11.5. The van der Waals surface area contributed by atoms with Crippen LogP contribution in [-0.4, -0.2) is 71.2 Å². The molecule has 134 valence electrons. The van der Waals surface area contributed by atoms with Gasteiger partial charge in [-0.1, -0.05) is 0 Å². The molecule has 0 saturated carbocycles. The van der Waals surface area contributed by atoms with Crippen LogP contribution in [0.3, 0.4) is 0 Å². The van der Waals surface area contributed by atoms with Gasteiger partial charge in [-0.05, 0) is 13.3 Å². The number of carboxylic acid groups (broad SMARTS) is 1. The molecule has 0 unspecified atom stereocenters. The van der Waals surface area contributed by atoms with Crippen molar-refractivity contribution in [1.29, 1.82) is 0 Å². The highest BCUT2D eigenvalue weighted by Crippen LogP contribution is 2.18. The number of aromatic nitrogens is 2.